The number of benzene rings is 1. The molecule has 2 heterocycles. The molecule has 0 unspecified atom stereocenters. The number of sulfonamides is 1. The lowest BCUT2D eigenvalue weighted by Gasteiger charge is -2.34. The van der Waals surface area contributed by atoms with Crippen LogP contribution >= 0.6 is 0 Å². The van der Waals surface area contributed by atoms with E-state index in [1.54, 1.807) is 9.80 Å². The maximum Gasteiger partial charge on any atom is 0.243 e. The summed E-state index contributed by atoms with van der Waals surface area (Å²) in [5.41, 5.74) is 0.516. The van der Waals surface area contributed by atoms with Crippen molar-refractivity contribution in [1.29, 1.82) is 5.26 Å². The van der Waals surface area contributed by atoms with Gasteiger partial charge in [-0.15, -0.1) is 0 Å². The van der Waals surface area contributed by atoms with E-state index in [-0.39, 0.29) is 54.7 Å². The summed E-state index contributed by atoms with van der Waals surface area (Å²) >= 11 is 0. The van der Waals surface area contributed by atoms with Crippen molar-refractivity contribution < 1.29 is 22.8 Å². The van der Waals surface area contributed by atoms with Crippen LogP contribution in [0.5, 0.6) is 0 Å². The van der Waals surface area contributed by atoms with Gasteiger partial charge in [0.05, 0.1) is 17.5 Å². The lowest BCUT2D eigenvalue weighted by molar-refractivity contribution is -0.133. The first-order valence-corrected chi connectivity index (χ1v) is 12.7. The zero-order valence-corrected chi connectivity index (χ0v) is 20.0. The molecule has 1 aromatic rings. The van der Waals surface area contributed by atoms with Gasteiger partial charge < -0.3 is 20.4 Å². The zero-order chi connectivity index (χ0) is 24.7. The summed E-state index contributed by atoms with van der Waals surface area (Å²) in [6.45, 7) is 3.34. The Balaban J connectivity index is 1.41. The fourth-order valence-electron chi connectivity index (χ4n) is 4.09. The minimum atomic E-state index is -3.70. The van der Waals surface area contributed by atoms with Crippen molar-refractivity contribution in [3.63, 3.8) is 0 Å². The van der Waals surface area contributed by atoms with Crippen LogP contribution in [-0.4, -0.2) is 92.1 Å². The second-order valence-corrected chi connectivity index (χ2v) is 10.2. The second kappa shape index (κ2) is 11.4. The number of nitrogens with one attached hydrogen (secondary N) is 2. The predicted molar refractivity (Wildman–Crippen MR) is 124 cm³/mol. The first kappa shape index (κ1) is 25.6. The molecule has 2 fully saturated rings. The number of carbonyl (C=O) groups is 3. The highest BCUT2D eigenvalue weighted by Crippen LogP contribution is 2.20. The van der Waals surface area contributed by atoms with E-state index in [1.165, 1.54) is 35.5 Å². The molecule has 12 heteroatoms. The van der Waals surface area contributed by atoms with Crippen LogP contribution in [-0.2, 0) is 24.4 Å². The molecule has 11 nitrogen and oxygen atoms in total. The maximum absolute atomic E-state index is 12.9. The van der Waals surface area contributed by atoms with Crippen LogP contribution in [0.1, 0.15) is 26.2 Å². The number of rotatable bonds is 8. The lowest BCUT2D eigenvalue weighted by atomic mass is 10.2. The van der Waals surface area contributed by atoms with Gasteiger partial charge in [-0.2, -0.15) is 9.57 Å². The minimum Gasteiger partial charge on any atom is -0.340 e. The van der Waals surface area contributed by atoms with Crippen molar-refractivity contribution >= 4 is 33.4 Å². The summed E-state index contributed by atoms with van der Waals surface area (Å²) in [5.74, 6) is -0.481. The molecule has 0 bridgehead atoms. The second-order valence-electron chi connectivity index (χ2n) is 8.29. The quantitative estimate of drug-likeness (QED) is 0.487. The van der Waals surface area contributed by atoms with Crippen LogP contribution in [0.2, 0.25) is 0 Å². The third-order valence-electron chi connectivity index (χ3n) is 5.92. The summed E-state index contributed by atoms with van der Waals surface area (Å²) in [7, 11) is -3.70. The van der Waals surface area contributed by atoms with Gasteiger partial charge in [-0.25, -0.2) is 8.42 Å². The molecule has 0 radical (unpaired) electrons. The average Bonchev–Trinajstić information content (AvgIpc) is 3.31. The monoisotopic (exact) mass is 490 g/mol. The first-order chi connectivity index (χ1) is 16.2. The maximum atomic E-state index is 12.9. The Morgan fingerprint density at radius 2 is 1.74 bits per heavy atom. The van der Waals surface area contributed by atoms with E-state index in [9.17, 15) is 22.8 Å². The molecule has 3 rings (SSSR count). The van der Waals surface area contributed by atoms with Gasteiger partial charge in [-0.05, 0) is 37.1 Å². The topological polar surface area (TPSA) is 143 Å². The van der Waals surface area contributed by atoms with Gasteiger partial charge in [-0.3, -0.25) is 14.4 Å². The Kier molecular flexibility index (Phi) is 8.60. The molecular weight excluding hydrogens is 460 g/mol. The molecule has 0 spiro atoms. The third-order valence-corrected chi connectivity index (χ3v) is 7.83. The van der Waals surface area contributed by atoms with Crippen molar-refractivity contribution in [2.45, 2.75) is 37.1 Å². The Morgan fingerprint density at radius 1 is 1.06 bits per heavy atom. The molecule has 0 saturated carbocycles. The Hall–Kier alpha value is -3.01. The number of anilines is 1. The molecule has 2 saturated heterocycles. The Bertz CT molecular complexity index is 1040. The van der Waals surface area contributed by atoms with Crippen LogP contribution in [0, 0.1) is 11.3 Å². The van der Waals surface area contributed by atoms with Gasteiger partial charge in [0.1, 0.15) is 6.04 Å². The summed E-state index contributed by atoms with van der Waals surface area (Å²) in [4.78, 5) is 39.2. The molecule has 2 aliphatic heterocycles. The van der Waals surface area contributed by atoms with Crippen LogP contribution in [0.3, 0.4) is 0 Å². The highest BCUT2D eigenvalue weighted by molar-refractivity contribution is 7.89. The van der Waals surface area contributed by atoms with E-state index in [1.807, 2.05) is 0 Å². The highest BCUT2D eigenvalue weighted by atomic mass is 32.2. The van der Waals surface area contributed by atoms with Crippen molar-refractivity contribution in [3.05, 3.63) is 24.3 Å². The van der Waals surface area contributed by atoms with Gasteiger partial charge in [0.25, 0.3) is 0 Å². The van der Waals surface area contributed by atoms with Crippen molar-refractivity contribution in [2.24, 2.45) is 0 Å². The van der Waals surface area contributed by atoms with Crippen LogP contribution in [0.4, 0.5) is 5.69 Å². The predicted octanol–water partition coefficient (Wildman–Crippen LogP) is -0.0278. The van der Waals surface area contributed by atoms with Gasteiger partial charge in [0.15, 0.2) is 0 Å². The molecule has 2 N–H and O–H groups in total. The van der Waals surface area contributed by atoms with E-state index in [4.69, 9.17) is 5.26 Å². The zero-order valence-electron chi connectivity index (χ0n) is 19.2. The summed E-state index contributed by atoms with van der Waals surface area (Å²) in [5, 5.41) is 14.6. The summed E-state index contributed by atoms with van der Waals surface area (Å²) in [6, 6.07) is 7.75. The first-order valence-electron chi connectivity index (χ1n) is 11.3. The fraction of sp³-hybridized carbons (Fsp3) is 0.545. The number of amides is 3. The average molecular weight is 491 g/mol. The number of hydrogen-bond donors (Lipinski definition) is 2. The van der Waals surface area contributed by atoms with Crippen molar-refractivity contribution in [2.75, 3.05) is 51.1 Å². The summed E-state index contributed by atoms with van der Waals surface area (Å²) < 4.78 is 27.1. The van der Waals surface area contributed by atoms with E-state index >= 15 is 0 Å². The normalized spacial score (nSPS) is 19.0. The van der Waals surface area contributed by atoms with Crippen LogP contribution < -0.4 is 10.6 Å². The molecule has 1 aromatic carbocycles. The van der Waals surface area contributed by atoms with E-state index in [0.717, 1.165) is 6.42 Å². The van der Waals surface area contributed by atoms with Crippen LogP contribution in [0.25, 0.3) is 0 Å². The molecule has 3 amide bonds. The summed E-state index contributed by atoms with van der Waals surface area (Å²) in [6.07, 6.45) is 1.73. The number of nitriles is 1. The number of hydrogen-bond acceptors (Lipinski definition) is 7. The number of piperazine rings is 1. The number of carbonyl (C=O) groups excluding carboxylic acids is 3. The van der Waals surface area contributed by atoms with Crippen LogP contribution in [0.15, 0.2) is 29.2 Å². The molecule has 184 valence electrons. The van der Waals surface area contributed by atoms with Gasteiger partial charge >= 0.3 is 0 Å². The van der Waals surface area contributed by atoms with Gasteiger partial charge in [-0.1, -0.05) is 0 Å². The number of likely N-dealkylation sites (tertiary alicyclic amines) is 1. The van der Waals surface area contributed by atoms with E-state index in [0.29, 0.717) is 38.3 Å². The smallest absolute Gasteiger partial charge is 0.243 e. The molecule has 0 aromatic heterocycles. The van der Waals surface area contributed by atoms with Gasteiger partial charge in [0.2, 0.25) is 27.7 Å². The molecular formula is C22H30N6O5S. The van der Waals surface area contributed by atoms with E-state index < -0.39 is 10.0 Å². The minimum absolute atomic E-state index is 0.0816. The SMILES string of the molecule is CC(=O)Nc1ccc(S(=O)(=O)N2CCN(C(=O)CCNCC(=O)N3CCC[C@H]3C#N)CC2)cc1. The third kappa shape index (κ3) is 6.31. The molecule has 0 aliphatic carbocycles. The Morgan fingerprint density at radius 3 is 2.35 bits per heavy atom. The molecule has 34 heavy (non-hydrogen) atoms. The Labute approximate surface area is 199 Å². The standard InChI is InChI=1S/C22H30N6O5S/c1-17(29)25-18-4-6-20(7-5-18)34(32,33)27-13-11-26(12-14-27)21(30)8-9-24-16-22(31)28-10-2-3-19(28)15-23/h4-7,19,24H,2-3,8-14,16H2,1H3,(H,25,29)/t19-/m0/s1. The molecule has 1 atom stereocenters. The number of nitrogens with zero attached hydrogens (tertiary/aromatic N) is 4. The van der Waals surface area contributed by atoms with E-state index in [2.05, 4.69) is 16.7 Å². The highest BCUT2D eigenvalue weighted by Gasteiger charge is 2.30. The molecule has 2 aliphatic rings. The fourth-order valence-corrected chi connectivity index (χ4v) is 5.51. The largest absolute Gasteiger partial charge is 0.340 e. The lowest BCUT2D eigenvalue weighted by Crippen LogP contribution is -2.51. The van der Waals surface area contributed by atoms with Crippen molar-refractivity contribution in [1.82, 2.24) is 19.4 Å². The van der Waals surface area contributed by atoms with Crippen molar-refractivity contribution in [3.8, 4) is 6.07 Å². The van der Waals surface area contributed by atoms with Gasteiger partial charge in [0, 0.05) is 58.3 Å².